The fraction of sp³-hybridized carbons (Fsp3) is 0.250. The highest BCUT2D eigenvalue weighted by Crippen LogP contribution is 2.38. The van der Waals surface area contributed by atoms with Gasteiger partial charge in [-0.3, -0.25) is 10.1 Å². The van der Waals surface area contributed by atoms with Crippen molar-refractivity contribution < 1.29 is 4.92 Å². The zero-order valence-electron chi connectivity index (χ0n) is 14.0. The number of pyridine rings is 1. The molecular formula is C20H21N3O2. The van der Waals surface area contributed by atoms with Gasteiger partial charge in [0.05, 0.1) is 16.0 Å². The molecule has 5 nitrogen and oxygen atoms in total. The van der Waals surface area contributed by atoms with E-state index in [9.17, 15) is 10.1 Å². The smallest absolute Gasteiger partial charge is 0.299 e. The first-order chi connectivity index (χ1) is 12.2. The Morgan fingerprint density at radius 1 is 0.960 bits per heavy atom. The number of fused-ring (bicyclic) bond motifs is 1. The molecule has 0 spiro atoms. The fourth-order valence-corrected chi connectivity index (χ4v) is 3.13. The summed E-state index contributed by atoms with van der Waals surface area (Å²) in [6, 6.07) is 17.1. The van der Waals surface area contributed by atoms with Gasteiger partial charge in [-0.15, -0.1) is 0 Å². The van der Waals surface area contributed by atoms with Gasteiger partial charge in [0.1, 0.15) is 5.69 Å². The summed E-state index contributed by atoms with van der Waals surface area (Å²) in [5.41, 5.74) is 8.51. The first-order valence-corrected chi connectivity index (χ1v) is 8.54. The lowest BCUT2D eigenvalue weighted by atomic mass is 9.96. The second-order valence-electron chi connectivity index (χ2n) is 6.02. The zero-order chi connectivity index (χ0) is 17.6. The van der Waals surface area contributed by atoms with Crippen LogP contribution in [0, 0.1) is 10.1 Å². The molecule has 0 fully saturated rings. The van der Waals surface area contributed by atoms with E-state index in [1.165, 1.54) is 0 Å². The van der Waals surface area contributed by atoms with Crippen molar-refractivity contribution in [2.45, 2.75) is 25.7 Å². The molecule has 0 bridgehead atoms. The average molecular weight is 335 g/mol. The zero-order valence-corrected chi connectivity index (χ0v) is 14.0. The molecule has 0 aliphatic carbocycles. The van der Waals surface area contributed by atoms with Crippen molar-refractivity contribution in [2.75, 3.05) is 6.54 Å². The number of nitrogens with zero attached hydrogens (tertiary/aromatic N) is 2. The van der Waals surface area contributed by atoms with Gasteiger partial charge in [0.25, 0.3) is 5.69 Å². The molecule has 0 amide bonds. The summed E-state index contributed by atoms with van der Waals surface area (Å²) < 4.78 is 0. The maximum Gasteiger partial charge on any atom is 0.299 e. The number of nitro groups is 1. The van der Waals surface area contributed by atoms with Crippen LogP contribution in [0.4, 0.5) is 5.69 Å². The lowest BCUT2D eigenvalue weighted by molar-refractivity contribution is -0.385. The van der Waals surface area contributed by atoms with Crippen LogP contribution in [0.2, 0.25) is 0 Å². The van der Waals surface area contributed by atoms with Gasteiger partial charge < -0.3 is 5.73 Å². The molecule has 0 radical (unpaired) electrons. The number of unbranched alkanes of at least 4 members (excludes halogenated alkanes) is 2. The van der Waals surface area contributed by atoms with Gasteiger partial charge in [-0.2, -0.15) is 0 Å². The standard InChI is InChI=1S/C20H21N3O2/c21-14-8-2-5-13-18-20(23(24)25)19(15-9-3-1-4-10-15)16-11-6-7-12-17(16)22-18/h1,3-4,6-7,9-12H,2,5,8,13-14,21H2. The predicted octanol–water partition coefficient (Wildman–Crippen LogP) is 4.48. The minimum absolute atomic E-state index is 0.123. The van der Waals surface area contributed by atoms with E-state index in [2.05, 4.69) is 4.98 Å². The van der Waals surface area contributed by atoms with Crippen molar-refractivity contribution in [1.82, 2.24) is 4.98 Å². The Bertz CT molecular complexity index is 879. The first-order valence-electron chi connectivity index (χ1n) is 8.54. The summed E-state index contributed by atoms with van der Waals surface area (Å²) in [7, 11) is 0. The normalized spacial score (nSPS) is 10.9. The Balaban J connectivity index is 2.19. The summed E-state index contributed by atoms with van der Waals surface area (Å²) in [4.78, 5) is 16.2. The van der Waals surface area contributed by atoms with Crippen LogP contribution in [0.5, 0.6) is 0 Å². The largest absolute Gasteiger partial charge is 0.330 e. The van der Waals surface area contributed by atoms with E-state index in [1.54, 1.807) is 0 Å². The molecule has 128 valence electrons. The minimum atomic E-state index is -0.292. The van der Waals surface area contributed by atoms with Gasteiger partial charge in [-0.05, 0) is 37.4 Å². The van der Waals surface area contributed by atoms with Crippen molar-refractivity contribution in [1.29, 1.82) is 0 Å². The van der Waals surface area contributed by atoms with Crippen LogP contribution in [-0.2, 0) is 6.42 Å². The Morgan fingerprint density at radius 2 is 1.68 bits per heavy atom. The Hall–Kier alpha value is -2.79. The molecule has 0 unspecified atom stereocenters. The number of aromatic nitrogens is 1. The second-order valence-corrected chi connectivity index (χ2v) is 6.02. The third-order valence-electron chi connectivity index (χ3n) is 4.30. The van der Waals surface area contributed by atoms with Gasteiger partial charge in [-0.1, -0.05) is 55.0 Å². The SMILES string of the molecule is NCCCCCc1nc2ccccc2c(-c2ccccc2)c1[N+](=O)[O-]. The lowest BCUT2D eigenvalue weighted by Crippen LogP contribution is -2.04. The molecule has 2 aromatic carbocycles. The van der Waals surface area contributed by atoms with Gasteiger partial charge in [0.15, 0.2) is 0 Å². The van der Waals surface area contributed by atoms with Crippen molar-refractivity contribution in [3.8, 4) is 11.1 Å². The molecule has 0 saturated heterocycles. The van der Waals surface area contributed by atoms with Gasteiger partial charge in [0.2, 0.25) is 0 Å². The van der Waals surface area contributed by atoms with E-state index in [-0.39, 0.29) is 10.6 Å². The molecule has 1 heterocycles. The second kappa shape index (κ2) is 7.85. The Kier molecular flexibility index (Phi) is 5.36. The molecule has 0 atom stereocenters. The fourth-order valence-electron chi connectivity index (χ4n) is 3.13. The number of para-hydroxylation sites is 1. The van der Waals surface area contributed by atoms with E-state index in [1.807, 2.05) is 54.6 Å². The van der Waals surface area contributed by atoms with Gasteiger partial charge in [-0.25, -0.2) is 4.98 Å². The number of aryl methyl sites for hydroxylation is 1. The Labute approximate surface area is 146 Å². The molecular weight excluding hydrogens is 314 g/mol. The summed E-state index contributed by atoms with van der Waals surface area (Å²) in [6.45, 7) is 0.641. The third kappa shape index (κ3) is 3.67. The minimum Gasteiger partial charge on any atom is -0.330 e. The van der Waals surface area contributed by atoms with E-state index in [4.69, 9.17) is 5.73 Å². The highest BCUT2D eigenvalue weighted by molar-refractivity contribution is 5.99. The number of rotatable bonds is 7. The first kappa shape index (κ1) is 17.0. The topological polar surface area (TPSA) is 82.0 Å². The predicted molar refractivity (Wildman–Crippen MR) is 100 cm³/mol. The van der Waals surface area contributed by atoms with Crippen LogP contribution in [0.15, 0.2) is 54.6 Å². The molecule has 0 saturated carbocycles. The molecule has 1 aromatic heterocycles. The van der Waals surface area contributed by atoms with Crippen molar-refractivity contribution in [2.24, 2.45) is 5.73 Å². The molecule has 0 aliphatic heterocycles. The highest BCUT2D eigenvalue weighted by Gasteiger charge is 2.25. The summed E-state index contributed by atoms with van der Waals surface area (Å²) >= 11 is 0. The van der Waals surface area contributed by atoms with Crippen LogP contribution in [-0.4, -0.2) is 16.5 Å². The van der Waals surface area contributed by atoms with Crippen molar-refractivity contribution >= 4 is 16.6 Å². The number of benzene rings is 2. The third-order valence-corrected chi connectivity index (χ3v) is 4.30. The van der Waals surface area contributed by atoms with E-state index in [0.717, 1.165) is 35.7 Å². The quantitative estimate of drug-likeness (QED) is 0.392. The monoisotopic (exact) mass is 335 g/mol. The molecule has 3 aromatic rings. The molecule has 2 N–H and O–H groups in total. The molecule has 25 heavy (non-hydrogen) atoms. The summed E-state index contributed by atoms with van der Waals surface area (Å²) in [6.07, 6.45) is 3.30. The number of nitrogens with two attached hydrogens (primary N) is 1. The van der Waals surface area contributed by atoms with Crippen molar-refractivity contribution in [3.05, 3.63) is 70.4 Å². The molecule has 5 heteroatoms. The average Bonchev–Trinajstić information content (AvgIpc) is 2.64. The van der Waals surface area contributed by atoms with Crippen LogP contribution in [0.3, 0.4) is 0 Å². The van der Waals surface area contributed by atoms with Crippen molar-refractivity contribution in [3.63, 3.8) is 0 Å². The maximum absolute atomic E-state index is 11.9. The molecule has 3 rings (SSSR count). The lowest BCUT2D eigenvalue weighted by Gasteiger charge is -2.12. The Morgan fingerprint density at radius 3 is 2.40 bits per heavy atom. The van der Waals surface area contributed by atoms with E-state index in [0.29, 0.717) is 24.2 Å². The highest BCUT2D eigenvalue weighted by atomic mass is 16.6. The van der Waals surface area contributed by atoms with Gasteiger partial charge in [0, 0.05) is 5.39 Å². The van der Waals surface area contributed by atoms with E-state index >= 15 is 0 Å². The number of hydrogen-bond acceptors (Lipinski definition) is 4. The van der Waals surface area contributed by atoms with Crippen LogP contribution >= 0.6 is 0 Å². The summed E-state index contributed by atoms with van der Waals surface area (Å²) in [5, 5.41) is 12.7. The summed E-state index contributed by atoms with van der Waals surface area (Å²) in [5.74, 6) is 0. The van der Waals surface area contributed by atoms with Crippen LogP contribution in [0.1, 0.15) is 25.0 Å². The maximum atomic E-state index is 11.9. The van der Waals surface area contributed by atoms with E-state index < -0.39 is 0 Å². The van der Waals surface area contributed by atoms with Crippen LogP contribution < -0.4 is 5.73 Å². The number of hydrogen-bond donors (Lipinski definition) is 1. The molecule has 0 aliphatic rings. The van der Waals surface area contributed by atoms with Gasteiger partial charge >= 0.3 is 0 Å². The van der Waals surface area contributed by atoms with Crippen LogP contribution in [0.25, 0.3) is 22.0 Å².